The van der Waals surface area contributed by atoms with Gasteiger partial charge in [-0.05, 0) is 43.0 Å². The van der Waals surface area contributed by atoms with Crippen molar-refractivity contribution in [2.75, 3.05) is 25.0 Å². The van der Waals surface area contributed by atoms with Gasteiger partial charge in [0.05, 0.1) is 0 Å². The van der Waals surface area contributed by atoms with Gasteiger partial charge in [0.2, 0.25) is 0 Å². The summed E-state index contributed by atoms with van der Waals surface area (Å²) in [4.78, 5) is 2.31. The standard InChI is InChI=1S/C14H21ClN2/c1-3-16-9-12-6-7-13(8-14(12)15)17(2)10-11-4-5-11/h6-8,11,16H,3-5,9-10H2,1-2H3. The van der Waals surface area contributed by atoms with Gasteiger partial charge in [0, 0.05) is 30.8 Å². The number of halogens is 1. The Balaban J connectivity index is 2.00. The van der Waals surface area contributed by atoms with E-state index in [2.05, 4.69) is 42.4 Å². The smallest absolute Gasteiger partial charge is 0.0471 e. The number of nitrogens with one attached hydrogen (secondary N) is 1. The summed E-state index contributed by atoms with van der Waals surface area (Å²) in [6, 6.07) is 6.38. The molecular weight excluding hydrogens is 232 g/mol. The maximum Gasteiger partial charge on any atom is 0.0471 e. The van der Waals surface area contributed by atoms with Gasteiger partial charge < -0.3 is 10.2 Å². The van der Waals surface area contributed by atoms with Crippen molar-refractivity contribution in [3.63, 3.8) is 0 Å². The largest absolute Gasteiger partial charge is 0.374 e. The number of anilines is 1. The number of hydrogen-bond donors (Lipinski definition) is 1. The zero-order valence-electron chi connectivity index (χ0n) is 10.7. The van der Waals surface area contributed by atoms with E-state index in [0.29, 0.717) is 0 Å². The molecule has 1 aromatic carbocycles. The Hall–Kier alpha value is -0.730. The molecule has 0 spiro atoms. The molecule has 2 rings (SSSR count). The van der Waals surface area contributed by atoms with E-state index in [0.717, 1.165) is 30.6 Å². The average molecular weight is 253 g/mol. The van der Waals surface area contributed by atoms with Crippen LogP contribution in [0, 0.1) is 5.92 Å². The van der Waals surface area contributed by atoms with Gasteiger partial charge in [0.15, 0.2) is 0 Å². The summed E-state index contributed by atoms with van der Waals surface area (Å²) in [5.41, 5.74) is 2.40. The fourth-order valence-corrected chi connectivity index (χ4v) is 2.21. The van der Waals surface area contributed by atoms with Gasteiger partial charge in [0.1, 0.15) is 0 Å². The van der Waals surface area contributed by atoms with Crippen LogP contribution in [0.2, 0.25) is 5.02 Å². The Kier molecular flexibility index (Phi) is 4.30. The molecule has 0 amide bonds. The summed E-state index contributed by atoms with van der Waals surface area (Å²) in [6.45, 7) is 5.08. The minimum Gasteiger partial charge on any atom is -0.374 e. The SMILES string of the molecule is CCNCc1ccc(N(C)CC2CC2)cc1Cl. The molecule has 0 bridgehead atoms. The first-order valence-corrected chi connectivity index (χ1v) is 6.78. The first-order chi connectivity index (χ1) is 8.20. The Morgan fingerprint density at radius 1 is 1.41 bits per heavy atom. The molecule has 0 heterocycles. The molecule has 0 saturated heterocycles. The van der Waals surface area contributed by atoms with Crippen LogP contribution in [0.1, 0.15) is 25.3 Å². The van der Waals surface area contributed by atoms with E-state index >= 15 is 0 Å². The summed E-state index contributed by atoms with van der Waals surface area (Å²) >= 11 is 6.29. The number of rotatable bonds is 6. The molecule has 1 saturated carbocycles. The van der Waals surface area contributed by atoms with E-state index in [1.54, 1.807) is 0 Å². The normalized spacial score (nSPS) is 15.0. The molecule has 17 heavy (non-hydrogen) atoms. The lowest BCUT2D eigenvalue weighted by Gasteiger charge is -2.20. The highest BCUT2D eigenvalue weighted by Gasteiger charge is 2.23. The molecule has 0 aliphatic heterocycles. The van der Waals surface area contributed by atoms with Gasteiger partial charge in [0.25, 0.3) is 0 Å². The molecule has 1 aliphatic rings. The molecule has 3 heteroatoms. The monoisotopic (exact) mass is 252 g/mol. The van der Waals surface area contributed by atoms with Crippen molar-refractivity contribution in [1.29, 1.82) is 0 Å². The van der Waals surface area contributed by atoms with Crippen molar-refractivity contribution in [2.45, 2.75) is 26.3 Å². The van der Waals surface area contributed by atoms with Crippen LogP contribution >= 0.6 is 11.6 Å². The first-order valence-electron chi connectivity index (χ1n) is 6.41. The predicted octanol–water partition coefficient (Wildman–Crippen LogP) is 3.30. The second-order valence-corrected chi connectivity index (χ2v) is 5.29. The Bertz CT molecular complexity index is 374. The zero-order chi connectivity index (χ0) is 12.3. The van der Waals surface area contributed by atoms with E-state index < -0.39 is 0 Å². The molecule has 0 unspecified atom stereocenters. The van der Waals surface area contributed by atoms with Crippen LogP contribution < -0.4 is 10.2 Å². The number of benzene rings is 1. The lowest BCUT2D eigenvalue weighted by atomic mass is 10.2. The van der Waals surface area contributed by atoms with Gasteiger partial charge >= 0.3 is 0 Å². The molecule has 0 aromatic heterocycles. The maximum absolute atomic E-state index is 6.29. The predicted molar refractivity (Wildman–Crippen MR) is 74.8 cm³/mol. The van der Waals surface area contributed by atoms with Crippen LogP contribution in [0.25, 0.3) is 0 Å². The van der Waals surface area contributed by atoms with Crippen molar-refractivity contribution in [3.05, 3.63) is 28.8 Å². The van der Waals surface area contributed by atoms with Crippen LogP contribution in [0.15, 0.2) is 18.2 Å². The summed E-state index contributed by atoms with van der Waals surface area (Å²) < 4.78 is 0. The van der Waals surface area contributed by atoms with Gasteiger partial charge in [-0.15, -0.1) is 0 Å². The summed E-state index contributed by atoms with van der Waals surface area (Å²) in [6.07, 6.45) is 2.77. The quantitative estimate of drug-likeness (QED) is 0.836. The third kappa shape index (κ3) is 3.62. The fraction of sp³-hybridized carbons (Fsp3) is 0.571. The highest BCUT2D eigenvalue weighted by molar-refractivity contribution is 6.31. The lowest BCUT2D eigenvalue weighted by molar-refractivity contribution is 0.726. The van der Waals surface area contributed by atoms with Crippen LogP contribution in [0.5, 0.6) is 0 Å². The molecule has 1 fully saturated rings. The third-order valence-corrected chi connectivity index (χ3v) is 3.62. The summed E-state index contributed by atoms with van der Waals surface area (Å²) in [7, 11) is 2.15. The summed E-state index contributed by atoms with van der Waals surface area (Å²) in [5.74, 6) is 0.903. The minimum absolute atomic E-state index is 0.849. The van der Waals surface area contributed by atoms with Crippen LogP contribution in [-0.2, 0) is 6.54 Å². The minimum atomic E-state index is 0.849. The van der Waals surface area contributed by atoms with Crippen LogP contribution in [-0.4, -0.2) is 20.1 Å². The molecule has 1 aliphatic carbocycles. The zero-order valence-corrected chi connectivity index (χ0v) is 11.4. The van der Waals surface area contributed by atoms with Crippen molar-refractivity contribution >= 4 is 17.3 Å². The van der Waals surface area contributed by atoms with E-state index in [-0.39, 0.29) is 0 Å². The van der Waals surface area contributed by atoms with Gasteiger partial charge in [-0.1, -0.05) is 24.6 Å². The first kappa shape index (κ1) is 12.7. The van der Waals surface area contributed by atoms with Gasteiger partial charge in [-0.25, -0.2) is 0 Å². The van der Waals surface area contributed by atoms with E-state index in [1.165, 1.54) is 24.1 Å². The molecule has 0 atom stereocenters. The second-order valence-electron chi connectivity index (χ2n) is 4.88. The van der Waals surface area contributed by atoms with Gasteiger partial charge in [-0.3, -0.25) is 0 Å². The van der Waals surface area contributed by atoms with Crippen molar-refractivity contribution in [1.82, 2.24) is 5.32 Å². The topological polar surface area (TPSA) is 15.3 Å². The Labute approximate surface area is 109 Å². The van der Waals surface area contributed by atoms with Crippen molar-refractivity contribution in [3.8, 4) is 0 Å². The van der Waals surface area contributed by atoms with Crippen molar-refractivity contribution < 1.29 is 0 Å². The third-order valence-electron chi connectivity index (χ3n) is 3.27. The molecular formula is C14H21ClN2. The lowest BCUT2D eigenvalue weighted by Crippen LogP contribution is -2.20. The molecule has 2 nitrogen and oxygen atoms in total. The van der Waals surface area contributed by atoms with E-state index in [4.69, 9.17) is 11.6 Å². The number of nitrogens with zero attached hydrogens (tertiary/aromatic N) is 1. The Morgan fingerprint density at radius 2 is 2.18 bits per heavy atom. The fourth-order valence-electron chi connectivity index (χ4n) is 1.97. The summed E-state index contributed by atoms with van der Waals surface area (Å²) in [5, 5.41) is 4.16. The molecule has 1 aromatic rings. The second kappa shape index (κ2) is 5.74. The van der Waals surface area contributed by atoms with Crippen molar-refractivity contribution in [2.24, 2.45) is 5.92 Å². The van der Waals surface area contributed by atoms with Gasteiger partial charge in [-0.2, -0.15) is 0 Å². The molecule has 0 radical (unpaired) electrons. The molecule has 94 valence electrons. The number of hydrogen-bond acceptors (Lipinski definition) is 2. The average Bonchev–Trinajstić information content (AvgIpc) is 3.11. The Morgan fingerprint density at radius 3 is 2.76 bits per heavy atom. The van der Waals surface area contributed by atoms with Crippen LogP contribution in [0.3, 0.4) is 0 Å². The van der Waals surface area contributed by atoms with E-state index in [1.807, 2.05) is 0 Å². The highest BCUT2D eigenvalue weighted by atomic mass is 35.5. The van der Waals surface area contributed by atoms with E-state index in [9.17, 15) is 0 Å². The molecule has 1 N–H and O–H groups in total. The van der Waals surface area contributed by atoms with Crippen LogP contribution in [0.4, 0.5) is 5.69 Å². The maximum atomic E-state index is 6.29. The highest BCUT2D eigenvalue weighted by Crippen LogP contribution is 2.31.